The molecule has 29 heavy (non-hydrogen) atoms. The van der Waals surface area contributed by atoms with Crippen LogP contribution in [-0.4, -0.2) is 44.1 Å². The lowest BCUT2D eigenvalue weighted by Gasteiger charge is -2.32. The maximum atomic E-state index is 13.2. The van der Waals surface area contributed by atoms with Gasteiger partial charge in [0, 0.05) is 30.3 Å². The molecule has 0 spiro atoms. The van der Waals surface area contributed by atoms with Crippen molar-refractivity contribution in [3.05, 3.63) is 71.8 Å². The highest BCUT2D eigenvalue weighted by Gasteiger charge is 2.28. The predicted molar refractivity (Wildman–Crippen MR) is 113 cm³/mol. The zero-order valence-corrected chi connectivity index (χ0v) is 16.4. The number of aryl methyl sites for hydroxylation is 1. The van der Waals surface area contributed by atoms with Gasteiger partial charge in [-0.15, -0.1) is 0 Å². The van der Waals surface area contributed by atoms with Crippen LogP contribution in [0.25, 0.3) is 22.2 Å². The molecule has 1 saturated heterocycles. The van der Waals surface area contributed by atoms with Crippen LogP contribution in [0.4, 0.5) is 0 Å². The van der Waals surface area contributed by atoms with Crippen LogP contribution in [-0.2, 0) is 0 Å². The van der Waals surface area contributed by atoms with E-state index < -0.39 is 0 Å². The SMILES string of the molecule is Cc1nc2c(C(=O)N3CCC(c4[nH]ncc4-c4ccccc4)CC3)cccc2[nH]1. The molecule has 2 N–H and O–H groups in total. The third kappa shape index (κ3) is 3.20. The van der Waals surface area contributed by atoms with Crippen LogP contribution in [0.2, 0.25) is 0 Å². The number of hydrogen-bond acceptors (Lipinski definition) is 3. The summed E-state index contributed by atoms with van der Waals surface area (Å²) in [7, 11) is 0. The summed E-state index contributed by atoms with van der Waals surface area (Å²) >= 11 is 0. The topological polar surface area (TPSA) is 77.7 Å². The molecule has 0 unspecified atom stereocenters. The first kappa shape index (κ1) is 17.7. The Morgan fingerprint density at radius 2 is 1.86 bits per heavy atom. The third-order valence-corrected chi connectivity index (χ3v) is 5.81. The Kier molecular flexibility index (Phi) is 4.39. The van der Waals surface area contributed by atoms with E-state index in [9.17, 15) is 4.79 Å². The molecule has 6 heteroatoms. The van der Waals surface area contributed by atoms with E-state index in [1.165, 1.54) is 11.3 Å². The summed E-state index contributed by atoms with van der Waals surface area (Å²) in [5, 5.41) is 7.50. The third-order valence-electron chi connectivity index (χ3n) is 5.81. The summed E-state index contributed by atoms with van der Waals surface area (Å²) in [5.41, 5.74) is 5.86. The Bertz CT molecular complexity index is 1150. The van der Waals surface area contributed by atoms with E-state index in [0.717, 1.165) is 48.4 Å². The van der Waals surface area contributed by atoms with Gasteiger partial charge in [0.25, 0.3) is 5.91 Å². The van der Waals surface area contributed by atoms with Crippen molar-refractivity contribution < 1.29 is 4.79 Å². The molecular weight excluding hydrogens is 362 g/mol. The van der Waals surface area contributed by atoms with Crippen molar-refractivity contribution >= 4 is 16.9 Å². The molecule has 2 aromatic carbocycles. The molecule has 146 valence electrons. The van der Waals surface area contributed by atoms with Crippen molar-refractivity contribution in [3.8, 4) is 11.1 Å². The Morgan fingerprint density at radius 3 is 2.66 bits per heavy atom. The largest absolute Gasteiger partial charge is 0.342 e. The second-order valence-corrected chi connectivity index (χ2v) is 7.65. The number of carbonyl (C=O) groups excluding carboxylic acids is 1. The number of aromatic nitrogens is 4. The Labute approximate surface area is 169 Å². The molecule has 1 fully saturated rings. The number of carbonyl (C=O) groups is 1. The number of H-pyrrole nitrogens is 2. The monoisotopic (exact) mass is 385 g/mol. The van der Waals surface area contributed by atoms with E-state index in [4.69, 9.17) is 0 Å². The maximum Gasteiger partial charge on any atom is 0.256 e. The lowest BCUT2D eigenvalue weighted by Crippen LogP contribution is -2.38. The molecule has 2 aromatic heterocycles. The van der Waals surface area contributed by atoms with Crippen molar-refractivity contribution in [2.24, 2.45) is 0 Å². The van der Waals surface area contributed by atoms with Crippen LogP contribution in [0.1, 0.15) is 40.6 Å². The molecule has 6 nitrogen and oxygen atoms in total. The van der Waals surface area contributed by atoms with Crippen LogP contribution in [0.3, 0.4) is 0 Å². The Balaban J connectivity index is 1.34. The van der Waals surface area contributed by atoms with Crippen LogP contribution in [0.5, 0.6) is 0 Å². The van der Waals surface area contributed by atoms with Crippen molar-refractivity contribution in [3.63, 3.8) is 0 Å². The summed E-state index contributed by atoms with van der Waals surface area (Å²) in [5.74, 6) is 1.26. The maximum absolute atomic E-state index is 13.2. The van der Waals surface area contributed by atoms with E-state index in [-0.39, 0.29) is 5.91 Å². The van der Waals surface area contributed by atoms with Crippen LogP contribution in [0.15, 0.2) is 54.7 Å². The Hall–Kier alpha value is -3.41. The minimum Gasteiger partial charge on any atom is -0.342 e. The predicted octanol–water partition coefficient (Wildman–Crippen LogP) is 4.28. The number of imidazole rings is 1. The van der Waals surface area contributed by atoms with Gasteiger partial charge < -0.3 is 9.88 Å². The molecule has 0 bridgehead atoms. The van der Waals surface area contributed by atoms with E-state index in [1.54, 1.807) is 0 Å². The van der Waals surface area contributed by atoms with Gasteiger partial charge in [0.15, 0.2) is 0 Å². The van der Waals surface area contributed by atoms with Crippen molar-refractivity contribution in [1.29, 1.82) is 0 Å². The summed E-state index contributed by atoms with van der Waals surface area (Å²) in [6, 6.07) is 16.1. The van der Waals surface area contributed by atoms with Crippen LogP contribution < -0.4 is 0 Å². The highest BCUT2D eigenvalue weighted by atomic mass is 16.2. The number of amides is 1. The lowest BCUT2D eigenvalue weighted by molar-refractivity contribution is 0.0714. The summed E-state index contributed by atoms with van der Waals surface area (Å²) in [4.78, 5) is 22.8. The number of nitrogens with zero attached hydrogens (tertiary/aromatic N) is 3. The molecular formula is C23H23N5O. The normalized spacial score (nSPS) is 15.1. The van der Waals surface area contributed by atoms with E-state index >= 15 is 0 Å². The fourth-order valence-electron chi connectivity index (χ4n) is 4.32. The van der Waals surface area contributed by atoms with Crippen molar-refractivity contribution in [1.82, 2.24) is 25.1 Å². The number of rotatable bonds is 3. The smallest absolute Gasteiger partial charge is 0.256 e. The molecule has 3 heterocycles. The van der Waals surface area contributed by atoms with Gasteiger partial charge in [-0.3, -0.25) is 9.89 Å². The first-order valence-electron chi connectivity index (χ1n) is 10.0. The van der Waals surface area contributed by atoms with Gasteiger partial charge in [0.05, 0.1) is 17.3 Å². The van der Waals surface area contributed by atoms with Gasteiger partial charge in [0.1, 0.15) is 11.3 Å². The van der Waals surface area contributed by atoms with Gasteiger partial charge in [-0.2, -0.15) is 5.10 Å². The highest BCUT2D eigenvalue weighted by Crippen LogP contribution is 2.34. The van der Waals surface area contributed by atoms with E-state index in [2.05, 4.69) is 32.3 Å². The number of para-hydroxylation sites is 1. The summed E-state index contributed by atoms with van der Waals surface area (Å²) < 4.78 is 0. The van der Waals surface area contributed by atoms with Crippen molar-refractivity contribution in [2.45, 2.75) is 25.7 Å². The average molecular weight is 385 g/mol. The highest BCUT2D eigenvalue weighted by molar-refractivity contribution is 6.04. The first-order valence-corrected chi connectivity index (χ1v) is 10.0. The molecule has 1 aliphatic heterocycles. The van der Waals surface area contributed by atoms with Crippen molar-refractivity contribution in [2.75, 3.05) is 13.1 Å². The van der Waals surface area contributed by atoms with Gasteiger partial charge in [-0.1, -0.05) is 36.4 Å². The summed E-state index contributed by atoms with van der Waals surface area (Å²) in [6.45, 7) is 3.38. The molecule has 0 aliphatic carbocycles. The minimum atomic E-state index is 0.0634. The second kappa shape index (κ2) is 7.20. The minimum absolute atomic E-state index is 0.0634. The summed E-state index contributed by atoms with van der Waals surface area (Å²) in [6.07, 6.45) is 3.75. The fraction of sp³-hybridized carbons (Fsp3) is 0.261. The Morgan fingerprint density at radius 1 is 1.07 bits per heavy atom. The van der Waals surface area contributed by atoms with Gasteiger partial charge in [-0.25, -0.2) is 4.98 Å². The number of piperidine rings is 1. The molecule has 1 aliphatic rings. The number of benzene rings is 2. The van der Waals surface area contributed by atoms with Crippen LogP contribution >= 0.6 is 0 Å². The molecule has 0 saturated carbocycles. The first-order chi connectivity index (χ1) is 14.2. The molecule has 5 rings (SSSR count). The zero-order chi connectivity index (χ0) is 19.8. The standard InChI is InChI=1S/C23H23N5O/c1-15-25-20-9-5-8-18(22(20)26-15)23(29)28-12-10-17(11-13-28)21-19(14-24-27-21)16-6-3-2-4-7-16/h2-9,14,17H,10-13H2,1H3,(H,24,27)(H,25,26). The molecule has 4 aromatic rings. The number of likely N-dealkylation sites (tertiary alicyclic amines) is 1. The number of fused-ring (bicyclic) bond motifs is 1. The van der Waals surface area contributed by atoms with E-state index in [0.29, 0.717) is 11.5 Å². The lowest BCUT2D eigenvalue weighted by atomic mass is 9.89. The van der Waals surface area contributed by atoms with Gasteiger partial charge in [-0.05, 0) is 37.5 Å². The zero-order valence-electron chi connectivity index (χ0n) is 16.4. The van der Waals surface area contributed by atoms with Gasteiger partial charge in [0.2, 0.25) is 0 Å². The van der Waals surface area contributed by atoms with Crippen LogP contribution in [0, 0.1) is 6.92 Å². The second-order valence-electron chi connectivity index (χ2n) is 7.65. The average Bonchev–Trinajstić information content (AvgIpc) is 3.40. The molecule has 0 atom stereocenters. The molecule has 1 amide bonds. The van der Waals surface area contributed by atoms with E-state index in [1.807, 2.05) is 54.4 Å². The fourth-order valence-corrected chi connectivity index (χ4v) is 4.32. The van der Waals surface area contributed by atoms with Gasteiger partial charge >= 0.3 is 0 Å². The number of hydrogen-bond donors (Lipinski definition) is 2. The molecule has 0 radical (unpaired) electrons. The number of aromatic amines is 2. The quantitative estimate of drug-likeness (QED) is 0.552. The number of nitrogens with one attached hydrogen (secondary N) is 2.